The van der Waals surface area contributed by atoms with Crippen molar-refractivity contribution in [3.05, 3.63) is 53.6 Å². The number of methoxy groups -OCH3 is 2. The molecule has 2 fully saturated rings. The van der Waals surface area contributed by atoms with Gasteiger partial charge in [-0.3, -0.25) is 4.79 Å². The van der Waals surface area contributed by atoms with Gasteiger partial charge in [-0.2, -0.15) is 0 Å². The highest BCUT2D eigenvalue weighted by Crippen LogP contribution is 2.33. The lowest BCUT2D eigenvalue weighted by atomic mass is 10.1. The minimum atomic E-state index is -3.64. The zero-order chi connectivity index (χ0) is 22.0. The standard InChI is InChI=1S/C23H28N2O5S/c1-29-20-10-11-22(30-2)18(12-20)15-25(19-8-9-19)23(26)17-4-3-5-21(13-17)31(27,28)24-14-16-6-7-16/h3-5,10-13,16,19,24H,6-9,14-15H2,1-2H3. The molecule has 0 unspecified atom stereocenters. The molecule has 2 aliphatic rings. The third kappa shape index (κ3) is 5.19. The van der Waals surface area contributed by atoms with E-state index in [2.05, 4.69) is 4.72 Å². The van der Waals surface area contributed by atoms with E-state index in [-0.39, 0.29) is 16.8 Å². The lowest BCUT2D eigenvalue weighted by molar-refractivity contribution is 0.0728. The van der Waals surface area contributed by atoms with Crippen LogP contribution < -0.4 is 14.2 Å². The van der Waals surface area contributed by atoms with Gasteiger partial charge in [0.05, 0.1) is 25.7 Å². The Hall–Kier alpha value is -2.58. The van der Waals surface area contributed by atoms with Crippen LogP contribution in [-0.2, 0) is 16.6 Å². The number of rotatable bonds is 10. The van der Waals surface area contributed by atoms with Crippen molar-refractivity contribution in [3.63, 3.8) is 0 Å². The average molecular weight is 445 g/mol. The highest BCUT2D eigenvalue weighted by molar-refractivity contribution is 7.89. The summed E-state index contributed by atoms with van der Waals surface area (Å²) in [7, 11) is -0.447. The third-order valence-electron chi connectivity index (χ3n) is 5.73. The second kappa shape index (κ2) is 8.88. The van der Waals surface area contributed by atoms with Gasteiger partial charge in [-0.1, -0.05) is 6.07 Å². The van der Waals surface area contributed by atoms with E-state index in [0.717, 1.165) is 31.2 Å². The van der Waals surface area contributed by atoms with E-state index in [1.165, 1.54) is 12.1 Å². The minimum absolute atomic E-state index is 0.119. The third-order valence-corrected chi connectivity index (χ3v) is 7.15. The molecule has 2 aromatic rings. The molecule has 0 radical (unpaired) electrons. The number of ether oxygens (including phenoxy) is 2. The number of nitrogens with zero attached hydrogens (tertiary/aromatic N) is 1. The lowest BCUT2D eigenvalue weighted by Gasteiger charge is -2.24. The van der Waals surface area contributed by atoms with E-state index < -0.39 is 10.0 Å². The molecule has 2 saturated carbocycles. The Kier molecular flexibility index (Phi) is 6.20. The smallest absolute Gasteiger partial charge is 0.254 e. The highest BCUT2D eigenvalue weighted by atomic mass is 32.2. The van der Waals surface area contributed by atoms with Crippen LogP contribution in [0.3, 0.4) is 0 Å². The fourth-order valence-corrected chi connectivity index (χ4v) is 4.70. The largest absolute Gasteiger partial charge is 0.497 e. The monoisotopic (exact) mass is 444 g/mol. The second-order valence-corrected chi connectivity index (χ2v) is 9.93. The van der Waals surface area contributed by atoms with E-state index >= 15 is 0 Å². The van der Waals surface area contributed by atoms with Gasteiger partial charge in [0.1, 0.15) is 11.5 Å². The van der Waals surface area contributed by atoms with E-state index in [1.54, 1.807) is 31.3 Å². The summed E-state index contributed by atoms with van der Waals surface area (Å²) in [6.45, 7) is 0.811. The molecule has 4 rings (SSSR count). The Labute approximate surface area is 183 Å². The van der Waals surface area contributed by atoms with Crippen molar-refractivity contribution >= 4 is 15.9 Å². The van der Waals surface area contributed by atoms with E-state index in [9.17, 15) is 13.2 Å². The normalized spacial score (nSPS) is 16.1. The molecule has 7 nitrogen and oxygen atoms in total. The van der Waals surface area contributed by atoms with Crippen molar-refractivity contribution in [1.82, 2.24) is 9.62 Å². The van der Waals surface area contributed by atoms with Gasteiger partial charge < -0.3 is 14.4 Å². The van der Waals surface area contributed by atoms with Crippen LogP contribution in [0.2, 0.25) is 0 Å². The predicted molar refractivity (Wildman–Crippen MR) is 117 cm³/mol. The van der Waals surface area contributed by atoms with Gasteiger partial charge in [0, 0.05) is 23.7 Å². The Balaban J connectivity index is 1.57. The van der Waals surface area contributed by atoms with Gasteiger partial charge in [0.15, 0.2) is 0 Å². The summed E-state index contributed by atoms with van der Waals surface area (Å²) < 4.78 is 38.7. The number of hydrogen-bond acceptors (Lipinski definition) is 5. The Morgan fingerprint density at radius 3 is 2.48 bits per heavy atom. The molecule has 0 bridgehead atoms. The summed E-state index contributed by atoms with van der Waals surface area (Å²) in [4.78, 5) is 15.3. The van der Waals surface area contributed by atoms with Crippen LogP contribution in [0.25, 0.3) is 0 Å². The molecule has 0 spiro atoms. The number of benzene rings is 2. The van der Waals surface area contributed by atoms with Gasteiger partial charge in [-0.15, -0.1) is 0 Å². The average Bonchev–Trinajstić information content (AvgIpc) is 3.70. The summed E-state index contributed by atoms with van der Waals surface area (Å²) >= 11 is 0. The summed E-state index contributed by atoms with van der Waals surface area (Å²) in [5.74, 6) is 1.61. The van der Waals surface area contributed by atoms with E-state index in [1.807, 2.05) is 18.2 Å². The fraction of sp³-hybridized carbons (Fsp3) is 0.435. The summed E-state index contributed by atoms with van der Waals surface area (Å²) in [6, 6.07) is 11.9. The molecule has 0 saturated heterocycles. The van der Waals surface area contributed by atoms with Crippen molar-refractivity contribution in [3.8, 4) is 11.5 Å². The second-order valence-electron chi connectivity index (χ2n) is 8.17. The maximum atomic E-state index is 13.4. The van der Waals surface area contributed by atoms with Crippen molar-refractivity contribution < 1.29 is 22.7 Å². The van der Waals surface area contributed by atoms with Crippen LogP contribution >= 0.6 is 0 Å². The number of nitrogens with one attached hydrogen (secondary N) is 1. The minimum Gasteiger partial charge on any atom is -0.497 e. The molecular weight excluding hydrogens is 416 g/mol. The molecule has 0 aliphatic heterocycles. The molecule has 166 valence electrons. The van der Waals surface area contributed by atoms with E-state index in [0.29, 0.717) is 36.1 Å². The Bertz CT molecular complexity index is 1060. The van der Waals surface area contributed by atoms with Gasteiger partial charge in [-0.05, 0) is 68.0 Å². The Morgan fingerprint density at radius 1 is 1.06 bits per heavy atom. The van der Waals surface area contributed by atoms with Gasteiger partial charge in [0.2, 0.25) is 10.0 Å². The molecule has 1 N–H and O–H groups in total. The first kappa shape index (κ1) is 21.6. The number of amides is 1. The fourth-order valence-electron chi connectivity index (χ4n) is 3.54. The first-order valence-electron chi connectivity index (χ1n) is 10.5. The van der Waals surface area contributed by atoms with Crippen LogP contribution in [0.1, 0.15) is 41.6 Å². The molecule has 1 amide bonds. The van der Waals surface area contributed by atoms with Crippen LogP contribution in [0.5, 0.6) is 11.5 Å². The van der Waals surface area contributed by atoms with Gasteiger partial charge in [0.25, 0.3) is 5.91 Å². The number of carbonyl (C=O) groups excluding carboxylic acids is 1. The summed E-state index contributed by atoms with van der Waals surface area (Å²) in [5, 5.41) is 0. The number of sulfonamides is 1. The maximum absolute atomic E-state index is 13.4. The maximum Gasteiger partial charge on any atom is 0.254 e. The van der Waals surface area contributed by atoms with Crippen molar-refractivity contribution in [2.24, 2.45) is 5.92 Å². The molecule has 2 aromatic carbocycles. The summed E-state index contributed by atoms with van der Waals surface area (Å²) in [5.41, 5.74) is 1.21. The quantitative estimate of drug-likeness (QED) is 0.608. The summed E-state index contributed by atoms with van der Waals surface area (Å²) in [6.07, 6.45) is 3.98. The first-order valence-corrected chi connectivity index (χ1v) is 12.0. The highest BCUT2D eigenvalue weighted by Gasteiger charge is 2.34. The van der Waals surface area contributed by atoms with Crippen LogP contribution in [-0.4, -0.2) is 46.0 Å². The number of hydrogen-bond donors (Lipinski definition) is 1. The molecule has 0 aromatic heterocycles. The zero-order valence-corrected chi connectivity index (χ0v) is 18.7. The molecule has 0 atom stereocenters. The van der Waals surface area contributed by atoms with Gasteiger partial charge >= 0.3 is 0 Å². The lowest BCUT2D eigenvalue weighted by Crippen LogP contribution is -2.33. The van der Waals surface area contributed by atoms with Crippen LogP contribution in [0, 0.1) is 5.92 Å². The van der Waals surface area contributed by atoms with Crippen molar-refractivity contribution in [2.45, 2.75) is 43.2 Å². The van der Waals surface area contributed by atoms with Crippen LogP contribution in [0.4, 0.5) is 0 Å². The van der Waals surface area contributed by atoms with E-state index in [4.69, 9.17) is 9.47 Å². The molecule has 31 heavy (non-hydrogen) atoms. The molecule has 2 aliphatic carbocycles. The number of carbonyl (C=O) groups is 1. The molecular formula is C23H28N2O5S. The SMILES string of the molecule is COc1ccc(OC)c(CN(C(=O)c2cccc(S(=O)(=O)NCC3CC3)c2)C2CC2)c1. The van der Waals surface area contributed by atoms with Crippen molar-refractivity contribution in [1.29, 1.82) is 0 Å². The Morgan fingerprint density at radius 2 is 1.84 bits per heavy atom. The first-order chi connectivity index (χ1) is 14.9. The topological polar surface area (TPSA) is 84.9 Å². The van der Waals surface area contributed by atoms with Gasteiger partial charge in [-0.25, -0.2) is 13.1 Å². The van der Waals surface area contributed by atoms with Crippen LogP contribution in [0.15, 0.2) is 47.4 Å². The molecule has 8 heteroatoms. The van der Waals surface area contributed by atoms with Crippen molar-refractivity contribution in [2.75, 3.05) is 20.8 Å². The zero-order valence-electron chi connectivity index (χ0n) is 17.8. The molecule has 0 heterocycles. The predicted octanol–water partition coefficient (Wildman–Crippen LogP) is 3.20.